The third kappa shape index (κ3) is 4.35. The summed E-state index contributed by atoms with van der Waals surface area (Å²) in [4.78, 5) is 12.3. The number of hydrogen-bond acceptors (Lipinski definition) is 2. The largest absolute Gasteiger partial charge is 0.351 e. The Hall–Kier alpha value is -1.35. The highest BCUT2D eigenvalue weighted by Crippen LogP contribution is 2.19. The summed E-state index contributed by atoms with van der Waals surface area (Å²) in [5.74, 6) is 0.0140. The zero-order valence-electron chi connectivity index (χ0n) is 12.8. The van der Waals surface area contributed by atoms with Crippen LogP contribution in [-0.4, -0.2) is 19.0 Å². The van der Waals surface area contributed by atoms with Crippen LogP contribution in [0.2, 0.25) is 0 Å². The minimum atomic E-state index is 0.0140. The molecule has 19 heavy (non-hydrogen) atoms. The van der Waals surface area contributed by atoms with Crippen molar-refractivity contribution < 1.29 is 4.79 Å². The summed E-state index contributed by atoms with van der Waals surface area (Å²) in [6.45, 7) is 11.6. The third-order valence-corrected chi connectivity index (χ3v) is 3.45. The van der Waals surface area contributed by atoms with Crippen LogP contribution in [0.3, 0.4) is 0 Å². The first-order chi connectivity index (χ1) is 8.76. The molecule has 0 spiro atoms. The second-order valence-corrected chi connectivity index (χ2v) is 6.16. The molecule has 3 nitrogen and oxygen atoms in total. The molecule has 0 atom stereocenters. The molecule has 1 amide bonds. The molecule has 3 heteroatoms. The average Bonchev–Trinajstić information content (AvgIpc) is 2.25. The van der Waals surface area contributed by atoms with Gasteiger partial charge in [-0.1, -0.05) is 31.5 Å². The van der Waals surface area contributed by atoms with Gasteiger partial charge in [-0.25, -0.2) is 0 Å². The van der Waals surface area contributed by atoms with E-state index in [1.54, 1.807) is 0 Å². The maximum absolute atomic E-state index is 12.3. The normalized spacial score (nSPS) is 11.5. The maximum atomic E-state index is 12.3. The Morgan fingerprint density at radius 3 is 2.21 bits per heavy atom. The Bertz CT molecular complexity index is 441. The number of aryl methyl sites for hydroxylation is 3. The fraction of sp³-hybridized carbons (Fsp3) is 0.562. The van der Waals surface area contributed by atoms with E-state index in [0.717, 1.165) is 23.1 Å². The standard InChI is InChI=1S/C16H26N2O/c1-11-8-12(2)14(13(3)9-11)15(19)18-10-16(4,5)6-7-17/h8-9H,6-7,10,17H2,1-5H3,(H,18,19). The number of rotatable bonds is 5. The summed E-state index contributed by atoms with van der Waals surface area (Å²) in [5, 5.41) is 3.03. The van der Waals surface area contributed by atoms with Crippen LogP contribution in [-0.2, 0) is 0 Å². The van der Waals surface area contributed by atoms with Gasteiger partial charge in [0.1, 0.15) is 0 Å². The molecule has 1 aromatic carbocycles. The van der Waals surface area contributed by atoms with E-state index in [4.69, 9.17) is 5.73 Å². The molecule has 1 aromatic rings. The van der Waals surface area contributed by atoms with Gasteiger partial charge in [-0.2, -0.15) is 0 Å². The SMILES string of the molecule is Cc1cc(C)c(C(=O)NCC(C)(C)CCN)c(C)c1. The first-order valence-corrected chi connectivity index (χ1v) is 6.83. The van der Waals surface area contributed by atoms with Crippen LogP contribution in [0.4, 0.5) is 0 Å². The predicted molar refractivity (Wildman–Crippen MR) is 80.4 cm³/mol. The van der Waals surface area contributed by atoms with E-state index in [-0.39, 0.29) is 11.3 Å². The fourth-order valence-electron chi connectivity index (χ4n) is 2.43. The van der Waals surface area contributed by atoms with Crippen molar-refractivity contribution in [3.05, 3.63) is 34.4 Å². The number of nitrogens with two attached hydrogens (primary N) is 1. The topological polar surface area (TPSA) is 55.1 Å². The van der Waals surface area contributed by atoms with Crippen LogP contribution < -0.4 is 11.1 Å². The molecule has 0 saturated carbocycles. The summed E-state index contributed by atoms with van der Waals surface area (Å²) in [7, 11) is 0. The minimum Gasteiger partial charge on any atom is -0.351 e. The van der Waals surface area contributed by atoms with Crippen molar-refractivity contribution >= 4 is 5.91 Å². The molecule has 0 aliphatic heterocycles. The molecule has 0 heterocycles. The zero-order valence-corrected chi connectivity index (χ0v) is 12.8. The van der Waals surface area contributed by atoms with Gasteiger partial charge in [0.25, 0.3) is 5.91 Å². The van der Waals surface area contributed by atoms with Gasteiger partial charge < -0.3 is 11.1 Å². The molecule has 0 fully saturated rings. The lowest BCUT2D eigenvalue weighted by Gasteiger charge is -2.24. The Morgan fingerprint density at radius 1 is 1.21 bits per heavy atom. The molecule has 3 N–H and O–H groups in total. The highest BCUT2D eigenvalue weighted by Gasteiger charge is 2.19. The monoisotopic (exact) mass is 262 g/mol. The highest BCUT2D eigenvalue weighted by molar-refractivity contribution is 5.97. The number of benzene rings is 1. The van der Waals surface area contributed by atoms with Crippen molar-refractivity contribution in [1.82, 2.24) is 5.32 Å². The van der Waals surface area contributed by atoms with Gasteiger partial charge in [-0.3, -0.25) is 4.79 Å². The lowest BCUT2D eigenvalue weighted by molar-refractivity contribution is 0.0934. The van der Waals surface area contributed by atoms with E-state index >= 15 is 0 Å². The van der Waals surface area contributed by atoms with Gasteiger partial charge in [0.15, 0.2) is 0 Å². The maximum Gasteiger partial charge on any atom is 0.251 e. The lowest BCUT2D eigenvalue weighted by atomic mass is 9.89. The van der Waals surface area contributed by atoms with Crippen LogP contribution in [0.1, 0.15) is 47.3 Å². The molecule has 0 saturated heterocycles. The van der Waals surface area contributed by atoms with Crippen LogP contribution in [0, 0.1) is 26.2 Å². The van der Waals surface area contributed by atoms with Gasteiger partial charge >= 0.3 is 0 Å². The Labute approximate surface area is 116 Å². The molecule has 0 bridgehead atoms. The smallest absolute Gasteiger partial charge is 0.251 e. The molecule has 0 aliphatic carbocycles. The Morgan fingerprint density at radius 2 is 1.74 bits per heavy atom. The van der Waals surface area contributed by atoms with Gasteiger partial charge in [0.2, 0.25) is 0 Å². The van der Waals surface area contributed by atoms with Crippen molar-refractivity contribution in [3.63, 3.8) is 0 Å². The summed E-state index contributed by atoms with van der Waals surface area (Å²) >= 11 is 0. The predicted octanol–water partition coefficient (Wildman–Crippen LogP) is 2.72. The van der Waals surface area contributed by atoms with Gasteiger partial charge in [-0.05, 0) is 50.3 Å². The second kappa shape index (κ2) is 6.20. The van der Waals surface area contributed by atoms with Crippen molar-refractivity contribution in [1.29, 1.82) is 0 Å². The van der Waals surface area contributed by atoms with Crippen molar-refractivity contribution in [2.75, 3.05) is 13.1 Å². The van der Waals surface area contributed by atoms with Crippen molar-refractivity contribution in [2.24, 2.45) is 11.1 Å². The molecular formula is C16H26N2O. The van der Waals surface area contributed by atoms with E-state index in [2.05, 4.69) is 19.2 Å². The quantitative estimate of drug-likeness (QED) is 0.857. The minimum absolute atomic E-state index is 0.0140. The molecular weight excluding hydrogens is 236 g/mol. The Kier molecular flexibility index (Phi) is 5.12. The van der Waals surface area contributed by atoms with Crippen LogP contribution >= 0.6 is 0 Å². The summed E-state index contributed by atoms with van der Waals surface area (Å²) < 4.78 is 0. The molecule has 0 unspecified atom stereocenters. The van der Waals surface area contributed by atoms with E-state index in [1.165, 1.54) is 5.56 Å². The summed E-state index contributed by atoms with van der Waals surface area (Å²) in [5.41, 5.74) is 9.68. The van der Waals surface area contributed by atoms with Gasteiger partial charge in [0, 0.05) is 12.1 Å². The summed E-state index contributed by atoms with van der Waals surface area (Å²) in [6.07, 6.45) is 0.902. The van der Waals surface area contributed by atoms with E-state index < -0.39 is 0 Å². The third-order valence-electron chi connectivity index (χ3n) is 3.45. The molecule has 1 rings (SSSR count). The van der Waals surface area contributed by atoms with Crippen LogP contribution in [0.5, 0.6) is 0 Å². The van der Waals surface area contributed by atoms with Gasteiger partial charge in [0.05, 0.1) is 0 Å². The fourth-order valence-corrected chi connectivity index (χ4v) is 2.43. The second-order valence-electron chi connectivity index (χ2n) is 6.16. The van der Waals surface area contributed by atoms with Crippen LogP contribution in [0.15, 0.2) is 12.1 Å². The molecule has 0 aliphatic rings. The first-order valence-electron chi connectivity index (χ1n) is 6.83. The van der Waals surface area contributed by atoms with Gasteiger partial charge in [-0.15, -0.1) is 0 Å². The number of nitrogens with one attached hydrogen (secondary N) is 1. The first kappa shape index (κ1) is 15.7. The number of carbonyl (C=O) groups is 1. The molecule has 106 valence electrons. The van der Waals surface area contributed by atoms with Crippen molar-refractivity contribution in [3.8, 4) is 0 Å². The molecule has 0 aromatic heterocycles. The van der Waals surface area contributed by atoms with E-state index in [9.17, 15) is 4.79 Å². The number of amides is 1. The lowest BCUT2D eigenvalue weighted by Crippen LogP contribution is -2.35. The molecule has 0 radical (unpaired) electrons. The van der Waals surface area contributed by atoms with E-state index in [1.807, 2.05) is 32.9 Å². The summed E-state index contributed by atoms with van der Waals surface area (Å²) in [6, 6.07) is 4.10. The van der Waals surface area contributed by atoms with E-state index in [0.29, 0.717) is 13.1 Å². The van der Waals surface area contributed by atoms with Crippen molar-refractivity contribution in [2.45, 2.75) is 41.0 Å². The van der Waals surface area contributed by atoms with Crippen LogP contribution in [0.25, 0.3) is 0 Å². The Balaban J connectivity index is 2.80. The highest BCUT2D eigenvalue weighted by atomic mass is 16.1. The number of carbonyl (C=O) groups excluding carboxylic acids is 1. The zero-order chi connectivity index (χ0) is 14.6. The number of hydrogen-bond donors (Lipinski definition) is 2. The average molecular weight is 262 g/mol.